The number of halogens is 1. The van der Waals surface area contributed by atoms with E-state index in [1.807, 2.05) is 31.2 Å². The summed E-state index contributed by atoms with van der Waals surface area (Å²) in [7, 11) is 1.71. The summed E-state index contributed by atoms with van der Waals surface area (Å²) in [5.41, 5.74) is 0. The van der Waals surface area contributed by atoms with E-state index in [9.17, 15) is 4.79 Å². The highest BCUT2D eigenvalue weighted by Gasteiger charge is 2.14. The molecule has 0 saturated heterocycles. The number of carbonyl (C=O) groups excluding carboxylic acids is 1. The average Bonchev–Trinajstić information content (AvgIpc) is 2.35. The standard InChI is InChI=1S/C12H16BrNO2S/c1-9(7-15)14(2)12(16)8-17-11-5-3-10(13)4-6-11/h3-6,9,15H,7-8H2,1-2H3. The highest BCUT2D eigenvalue weighted by Crippen LogP contribution is 2.20. The minimum atomic E-state index is -0.131. The molecule has 1 aromatic rings. The van der Waals surface area contributed by atoms with Crippen LogP contribution in [0.25, 0.3) is 0 Å². The summed E-state index contributed by atoms with van der Waals surface area (Å²) in [6, 6.07) is 7.71. The van der Waals surface area contributed by atoms with Crippen LogP contribution in [0.15, 0.2) is 33.6 Å². The number of hydrogen-bond acceptors (Lipinski definition) is 3. The van der Waals surface area contributed by atoms with Gasteiger partial charge in [0, 0.05) is 16.4 Å². The maximum absolute atomic E-state index is 11.8. The minimum absolute atomic E-state index is 0.00874. The summed E-state index contributed by atoms with van der Waals surface area (Å²) >= 11 is 4.86. The van der Waals surface area contributed by atoms with Crippen LogP contribution in [0, 0.1) is 0 Å². The molecule has 1 aromatic carbocycles. The fraction of sp³-hybridized carbons (Fsp3) is 0.417. The van der Waals surface area contributed by atoms with Crippen molar-refractivity contribution in [3.63, 3.8) is 0 Å². The number of hydrogen-bond donors (Lipinski definition) is 1. The van der Waals surface area contributed by atoms with E-state index < -0.39 is 0 Å². The van der Waals surface area contributed by atoms with E-state index in [0.717, 1.165) is 9.37 Å². The van der Waals surface area contributed by atoms with Crippen molar-refractivity contribution in [1.82, 2.24) is 4.90 Å². The number of aliphatic hydroxyl groups excluding tert-OH is 1. The van der Waals surface area contributed by atoms with E-state index in [0.29, 0.717) is 5.75 Å². The van der Waals surface area contributed by atoms with Crippen LogP contribution in [0.5, 0.6) is 0 Å². The third-order valence-electron chi connectivity index (χ3n) is 2.49. The predicted octanol–water partition coefficient (Wildman–Crippen LogP) is 2.38. The highest BCUT2D eigenvalue weighted by atomic mass is 79.9. The van der Waals surface area contributed by atoms with Gasteiger partial charge in [0.2, 0.25) is 5.91 Å². The average molecular weight is 318 g/mol. The van der Waals surface area contributed by atoms with Gasteiger partial charge in [0.25, 0.3) is 0 Å². The van der Waals surface area contributed by atoms with E-state index in [1.165, 1.54) is 11.8 Å². The van der Waals surface area contributed by atoms with Crippen molar-refractivity contribution in [1.29, 1.82) is 0 Å². The zero-order valence-electron chi connectivity index (χ0n) is 9.89. The number of aliphatic hydroxyl groups is 1. The van der Waals surface area contributed by atoms with Crippen LogP contribution in [-0.4, -0.2) is 41.4 Å². The molecule has 0 bridgehead atoms. The molecule has 1 rings (SSSR count). The number of carbonyl (C=O) groups is 1. The van der Waals surface area contributed by atoms with Gasteiger partial charge in [-0.05, 0) is 31.2 Å². The summed E-state index contributed by atoms with van der Waals surface area (Å²) in [5.74, 6) is 0.419. The van der Waals surface area contributed by atoms with E-state index in [4.69, 9.17) is 5.11 Å². The lowest BCUT2D eigenvalue weighted by atomic mass is 10.3. The first kappa shape index (κ1) is 14.5. The Hall–Kier alpha value is -0.520. The van der Waals surface area contributed by atoms with Gasteiger partial charge in [0.1, 0.15) is 0 Å². The molecule has 3 nitrogen and oxygen atoms in total. The number of thioether (sulfide) groups is 1. The van der Waals surface area contributed by atoms with Gasteiger partial charge >= 0.3 is 0 Å². The molecule has 94 valence electrons. The Morgan fingerprint density at radius 2 is 2.06 bits per heavy atom. The Kier molecular flexibility index (Phi) is 6.02. The quantitative estimate of drug-likeness (QED) is 0.848. The topological polar surface area (TPSA) is 40.5 Å². The smallest absolute Gasteiger partial charge is 0.232 e. The number of rotatable bonds is 5. The fourth-order valence-electron chi connectivity index (χ4n) is 1.15. The Morgan fingerprint density at radius 3 is 2.59 bits per heavy atom. The number of nitrogens with zero attached hydrogens (tertiary/aromatic N) is 1. The monoisotopic (exact) mass is 317 g/mol. The molecule has 0 aliphatic carbocycles. The lowest BCUT2D eigenvalue weighted by Gasteiger charge is -2.22. The second-order valence-electron chi connectivity index (χ2n) is 3.78. The Morgan fingerprint density at radius 1 is 1.47 bits per heavy atom. The first-order valence-electron chi connectivity index (χ1n) is 5.29. The van der Waals surface area contributed by atoms with Crippen molar-refractivity contribution >= 4 is 33.6 Å². The lowest BCUT2D eigenvalue weighted by molar-refractivity contribution is -0.129. The molecular weight excluding hydrogens is 302 g/mol. The molecule has 0 fully saturated rings. The lowest BCUT2D eigenvalue weighted by Crippen LogP contribution is -2.38. The van der Waals surface area contributed by atoms with Crippen LogP contribution in [0.4, 0.5) is 0 Å². The highest BCUT2D eigenvalue weighted by molar-refractivity contribution is 9.10. The molecule has 0 radical (unpaired) electrons. The molecule has 1 unspecified atom stereocenters. The van der Waals surface area contributed by atoms with Gasteiger partial charge in [-0.3, -0.25) is 4.79 Å². The SMILES string of the molecule is CC(CO)N(C)C(=O)CSc1ccc(Br)cc1. The fourth-order valence-corrected chi connectivity index (χ4v) is 2.23. The van der Waals surface area contributed by atoms with Crippen molar-refractivity contribution in [2.24, 2.45) is 0 Å². The third kappa shape index (κ3) is 4.69. The van der Waals surface area contributed by atoms with Gasteiger partial charge in [0.15, 0.2) is 0 Å². The van der Waals surface area contributed by atoms with Gasteiger partial charge in [0.05, 0.1) is 18.4 Å². The second-order valence-corrected chi connectivity index (χ2v) is 5.74. The van der Waals surface area contributed by atoms with Crippen LogP contribution >= 0.6 is 27.7 Å². The summed E-state index contributed by atoms with van der Waals surface area (Å²) in [4.78, 5) is 14.4. The van der Waals surface area contributed by atoms with Crippen molar-refractivity contribution in [3.05, 3.63) is 28.7 Å². The van der Waals surface area contributed by atoms with Crippen LogP contribution < -0.4 is 0 Å². The van der Waals surface area contributed by atoms with Crippen LogP contribution in [0.2, 0.25) is 0 Å². The summed E-state index contributed by atoms with van der Waals surface area (Å²) < 4.78 is 1.03. The molecule has 0 saturated carbocycles. The second kappa shape index (κ2) is 7.03. The zero-order valence-corrected chi connectivity index (χ0v) is 12.3. The molecule has 0 aliphatic rings. The van der Waals surface area contributed by atoms with Gasteiger partial charge in [-0.2, -0.15) is 0 Å². The van der Waals surface area contributed by atoms with Crippen molar-refractivity contribution in [2.75, 3.05) is 19.4 Å². The van der Waals surface area contributed by atoms with Gasteiger partial charge < -0.3 is 10.0 Å². The predicted molar refractivity (Wildman–Crippen MR) is 74.2 cm³/mol. The van der Waals surface area contributed by atoms with Gasteiger partial charge in [-0.15, -0.1) is 11.8 Å². The molecule has 0 aromatic heterocycles. The number of amides is 1. The molecular formula is C12H16BrNO2S. The van der Waals surface area contributed by atoms with Crippen LogP contribution in [0.3, 0.4) is 0 Å². The van der Waals surface area contributed by atoms with Crippen molar-refractivity contribution in [3.8, 4) is 0 Å². The summed E-state index contributed by atoms with van der Waals surface area (Å²) in [5, 5.41) is 8.96. The minimum Gasteiger partial charge on any atom is -0.394 e. The summed E-state index contributed by atoms with van der Waals surface area (Å²) in [6.07, 6.45) is 0. The normalized spacial score (nSPS) is 12.2. The van der Waals surface area contributed by atoms with Gasteiger partial charge in [-0.25, -0.2) is 0 Å². The first-order chi connectivity index (χ1) is 8.04. The zero-order chi connectivity index (χ0) is 12.8. The van der Waals surface area contributed by atoms with E-state index in [2.05, 4.69) is 15.9 Å². The molecule has 0 aliphatic heterocycles. The Balaban J connectivity index is 2.45. The van der Waals surface area contributed by atoms with Crippen molar-refractivity contribution < 1.29 is 9.90 Å². The van der Waals surface area contributed by atoms with Crippen LogP contribution in [-0.2, 0) is 4.79 Å². The van der Waals surface area contributed by atoms with E-state index >= 15 is 0 Å². The first-order valence-corrected chi connectivity index (χ1v) is 7.07. The largest absolute Gasteiger partial charge is 0.394 e. The molecule has 1 amide bonds. The number of benzene rings is 1. The Bertz CT molecular complexity index is 369. The van der Waals surface area contributed by atoms with Gasteiger partial charge in [-0.1, -0.05) is 15.9 Å². The van der Waals surface area contributed by atoms with E-state index in [1.54, 1.807) is 11.9 Å². The molecule has 0 heterocycles. The maximum Gasteiger partial charge on any atom is 0.232 e. The van der Waals surface area contributed by atoms with Crippen molar-refractivity contribution in [2.45, 2.75) is 17.9 Å². The molecule has 5 heteroatoms. The Labute approximate surface area is 114 Å². The molecule has 1 N–H and O–H groups in total. The maximum atomic E-state index is 11.8. The molecule has 0 spiro atoms. The molecule has 1 atom stereocenters. The summed E-state index contributed by atoms with van der Waals surface area (Å²) in [6.45, 7) is 1.81. The number of likely N-dealkylation sites (N-methyl/N-ethyl adjacent to an activating group) is 1. The van der Waals surface area contributed by atoms with E-state index in [-0.39, 0.29) is 18.6 Å². The third-order valence-corrected chi connectivity index (χ3v) is 4.02. The van der Waals surface area contributed by atoms with Crippen LogP contribution in [0.1, 0.15) is 6.92 Å². The molecule has 17 heavy (non-hydrogen) atoms.